The predicted octanol–water partition coefficient (Wildman–Crippen LogP) is 1.68. The maximum absolute atomic E-state index is 13.5. The molecule has 2 rings (SSSR count). The summed E-state index contributed by atoms with van der Waals surface area (Å²) in [6, 6.07) is 14.7. The van der Waals surface area contributed by atoms with Crippen LogP contribution >= 0.6 is 0 Å². The Balaban J connectivity index is 1.92. The molecule has 0 atom stereocenters. The van der Waals surface area contributed by atoms with Gasteiger partial charge in [-0.15, -0.1) is 0 Å². The highest BCUT2D eigenvalue weighted by Gasteiger charge is 2.16. The second-order valence-electron chi connectivity index (χ2n) is 4.57. The zero-order valence-electron chi connectivity index (χ0n) is 10.6. The van der Waals surface area contributed by atoms with Crippen LogP contribution in [0.2, 0.25) is 0 Å². The van der Waals surface area contributed by atoms with E-state index in [0.29, 0.717) is 0 Å². The van der Waals surface area contributed by atoms with Crippen molar-refractivity contribution in [3.05, 3.63) is 65.5 Å². The van der Waals surface area contributed by atoms with Gasteiger partial charge in [-0.1, -0.05) is 42.5 Å². The Morgan fingerprint density at radius 1 is 0.895 bits per heavy atom. The molecule has 0 unspecified atom stereocenters. The molecule has 0 aromatic heterocycles. The van der Waals surface area contributed by atoms with E-state index in [1.165, 1.54) is 17.7 Å². The lowest BCUT2D eigenvalue weighted by Crippen LogP contribution is -2.32. The molecule has 0 bridgehead atoms. The lowest BCUT2D eigenvalue weighted by atomic mass is 9.79. The summed E-state index contributed by atoms with van der Waals surface area (Å²) in [6.45, 7) is 0. The smallest absolute Gasteiger partial charge is 0.423 e. The van der Waals surface area contributed by atoms with Crippen LogP contribution in [0.3, 0.4) is 0 Å². The number of rotatable bonds is 5. The molecule has 0 aliphatic carbocycles. The van der Waals surface area contributed by atoms with Gasteiger partial charge < -0.3 is 10.0 Å². The van der Waals surface area contributed by atoms with Gasteiger partial charge in [-0.05, 0) is 36.5 Å². The van der Waals surface area contributed by atoms with E-state index >= 15 is 0 Å². The minimum Gasteiger partial charge on any atom is -0.423 e. The van der Waals surface area contributed by atoms with Gasteiger partial charge >= 0.3 is 7.12 Å². The van der Waals surface area contributed by atoms with Gasteiger partial charge in [-0.25, -0.2) is 4.39 Å². The van der Waals surface area contributed by atoms with Crippen LogP contribution in [0.5, 0.6) is 0 Å². The summed E-state index contributed by atoms with van der Waals surface area (Å²) in [6.07, 6.45) is 2.66. The summed E-state index contributed by atoms with van der Waals surface area (Å²) in [5.41, 5.74) is 2.06. The molecule has 0 heterocycles. The Labute approximate surface area is 112 Å². The maximum Gasteiger partial charge on any atom is 0.491 e. The summed E-state index contributed by atoms with van der Waals surface area (Å²) < 4.78 is 13.5. The molecular formula is C15H16BFO2. The summed E-state index contributed by atoms with van der Waals surface area (Å²) in [7, 11) is -1.75. The van der Waals surface area contributed by atoms with Crippen molar-refractivity contribution in [3.8, 4) is 0 Å². The van der Waals surface area contributed by atoms with Gasteiger partial charge in [-0.2, -0.15) is 0 Å². The van der Waals surface area contributed by atoms with Crippen LogP contribution in [0.15, 0.2) is 48.5 Å². The van der Waals surface area contributed by atoms with Crippen molar-refractivity contribution in [3.63, 3.8) is 0 Å². The fourth-order valence-electron chi connectivity index (χ4n) is 2.08. The molecule has 2 aromatic rings. The molecule has 0 fully saturated rings. The Morgan fingerprint density at radius 3 is 2.21 bits per heavy atom. The molecule has 0 saturated carbocycles. The van der Waals surface area contributed by atoms with E-state index in [4.69, 9.17) is 10.0 Å². The first-order chi connectivity index (χ1) is 9.16. The first-order valence-corrected chi connectivity index (χ1v) is 6.35. The highest BCUT2D eigenvalue weighted by atomic mass is 19.1. The van der Waals surface area contributed by atoms with Gasteiger partial charge in [0.25, 0.3) is 0 Å². The van der Waals surface area contributed by atoms with Crippen LogP contribution in [-0.2, 0) is 12.8 Å². The van der Waals surface area contributed by atoms with Crippen molar-refractivity contribution in [1.82, 2.24) is 0 Å². The molecule has 0 aliphatic heterocycles. The van der Waals surface area contributed by atoms with Crippen LogP contribution in [0.1, 0.15) is 17.5 Å². The van der Waals surface area contributed by atoms with Crippen molar-refractivity contribution in [1.29, 1.82) is 0 Å². The molecule has 2 nitrogen and oxygen atoms in total. The number of halogens is 1. The third kappa shape index (κ3) is 3.91. The Kier molecular flexibility index (Phi) is 4.71. The zero-order valence-corrected chi connectivity index (χ0v) is 10.6. The number of benzene rings is 2. The molecule has 0 saturated heterocycles. The monoisotopic (exact) mass is 258 g/mol. The minimum absolute atomic E-state index is 0.0770. The van der Waals surface area contributed by atoms with Gasteiger partial charge in [0.05, 0.1) is 0 Å². The first-order valence-electron chi connectivity index (χ1n) is 6.35. The van der Waals surface area contributed by atoms with Gasteiger partial charge in [0.15, 0.2) is 0 Å². The Morgan fingerprint density at radius 2 is 1.58 bits per heavy atom. The molecule has 0 aliphatic rings. The highest BCUT2D eigenvalue weighted by Crippen LogP contribution is 2.09. The van der Waals surface area contributed by atoms with Crippen LogP contribution in [-0.4, -0.2) is 17.2 Å². The van der Waals surface area contributed by atoms with E-state index in [0.717, 1.165) is 24.8 Å². The third-order valence-electron chi connectivity index (χ3n) is 3.12. The molecule has 0 spiro atoms. The highest BCUT2D eigenvalue weighted by molar-refractivity contribution is 6.58. The van der Waals surface area contributed by atoms with Gasteiger partial charge in [-0.3, -0.25) is 0 Å². The predicted molar refractivity (Wildman–Crippen MR) is 74.7 cm³/mol. The first kappa shape index (κ1) is 13.8. The molecule has 98 valence electrons. The number of aryl methyl sites for hydroxylation is 2. The van der Waals surface area contributed by atoms with Gasteiger partial charge in [0.1, 0.15) is 5.82 Å². The quantitative estimate of drug-likeness (QED) is 0.801. The van der Waals surface area contributed by atoms with E-state index < -0.39 is 12.9 Å². The van der Waals surface area contributed by atoms with E-state index in [9.17, 15) is 4.39 Å². The van der Waals surface area contributed by atoms with Gasteiger partial charge in [0, 0.05) is 5.46 Å². The van der Waals surface area contributed by atoms with E-state index in [-0.39, 0.29) is 5.46 Å². The van der Waals surface area contributed by atoms with Gasteiger partial charge in [0.2, 0.25) is 0 Å². The maximum atomic E-state index is 13.5. The molecular weight excluding hydrogens is 242 g/mol. The SMILES string of the molecule is OB(O)c1ccc(CCCc2ccccc2)cc1F. The van der Waals surface area contributed by atoms with E-state index in [2.05, 4.69) is 12.1 Å². The van der Waals surface area contributed by atoms with Crippen LogP contribution < -0.4 is 5.46 Å². The molecule has 2 N–H and O–H groups in total. The second kappa shape index (κ2) is 6.50. The summed E-state index contributed by atoms with van der Waals surface area (Å²) in [4.78, 5) is 0. The van der Waals surface area contributed by atoms with Crippen molar-refractivity contribution in [2.75, 3.05) is 0 Å². The fraction of sp³-hybridized carbons (Fsp3) is 0.200. The lowest BCUT2D eigenvalue weighted by molar-refractivity contribution is 0.423. The summed E-state index contributed by atoms with van der Waals surface area (Å²) in [5, 5.41) is 17.9. The van der Waals surface area contributed by atoms with Crippen molar-refractivity contribution in [2.24, 2.45) is 0 Å². The minimum atomic E-state index is -1.75. The van der Waals surface area contributed by atoms with Crippen LogP contribution in [0, 0.1) is 5.82 Å². The van der Waals surface area contributed by atoms with Crippen LogP contribution in [0.4, 0.5) is 4.39 Å². The lowest BCUT2D eigenvalue weighted by Gasteiger charge is -2.06. The van der Waals surface area contributed by atoms with E-state index in [1.54, 1.807) is 6.07 Å². The zero-order chi connectivity index (χ0) is 13.7. The molecule has 4 heteroatoms. The number of hydrogen-bond donors (Lipinski definition) is 2. The number of hydrogen-bond acceptors (Lipinski definition) is 2. The third-order valence-corrected chi connectivity index (χ3v) is 3.12. The molecule has 0 radical (unpaired) electrons. The molecule has 2 aromatic carbocycles. The average molecular weight is 258 g/mol. The van der Waals surface area contributed by atoms with E-state index in [1.807, 2.05) is 18.2 Å². The normalized spacial score (nSPS) is 10.5. The van der Waals surface area contributed by atoms with Crippen molar-refractivity contribution < 1.29 is 14.4 Å². The Hall–Kier alpha value is -1.65. The summed E-state index contributed by atoms with van der Waals surface area (Å²) in [5.74, 6) is -0.563. The molecule has 19 heavy (non-hydrogen) atoms. The summed E-state index contributed by atoms with van der Waals surface area (Å²) >= 11 is 0. The Bertz CT molecular complexity index is 529. The second-order valence-corrected chi connectivity index (χ2v) is 4.57. The molecule has 0 amide bonds. The van der Waals surface area contributed by atoms with Crippen molar-refractivity contribution >= 4 is 12.6 Å². The fourth-order valence-corrected chi connectivity index (χ4v) is 2.08. The topological polar surface area (TPSA) is 40.5 Å². The van der Waals surface area contributed by atoms with Crippen LogP contribution in [0.25, 0.3) is 0 Å². The standard InChI is InChI=1S/C15H16BFO2/c17-15-11-13(9-10-14(15)16(18)19)8-4-7-12-5-2-1-3-6-12/h1-3,5-6,9-11,18-19H,4,7-8H2. The van der Waals surface area contributed by atoms with Crippen molar-refractivity contribution in [2.45, 2.75) is 19.3 Å². The largest absolute Gasteiger partial charge is 0.491 e. The average Bonchev–Trinajstić information content (AvgIpc) is 2.39.